The van der Waals surface area contributed by atoms with Crippen molar-refractivity contribution in [2.24, 2.45) is 5.73 Å². The van der Waals surface area contributed by atoms with Crippen molar-refractivity contribution in [2.45, 2.75) is 13.8 Å². The van der Waals surface area contributed by atoms with Crippen LogP contribution in [0.5, 0.6) is 0 Å². The molecule has 0 radical (unpaired) electrons. The molecule has 0 aliphatic carbocycles. The second-order valence-electron chi connectivity index (χ2n) is 6.37. The van der Waals surface area contributed by atoms with Crippen molar-refractivity contribution in [2.75, 3.05) is 5.32 Å². The molecule has 27 heavy (non-hydrogen) atoms. The predicted molar refractivity (Wildman–Crippen MR) is 111 cm³/mol. The Morgan fingerprint density at radius 3 is 2.37 bits per heavy atom. The number of carbonyl (C=O) groups excluding carboxylic acids is 1. The molecule has 0 saturated heterocycles. The molecule has 3 N–H and O–H groups in total. The van der Waals surface area contributed by atoms with Crippen LogP contribution in [0.4, 0.5) is 11.5 Å². The highest BCUT2D eigenvalue weighted by molar-refractivity contribution is 7.19. The Balaban J connectivity index is 1.81. The summed E-state index contributed by atoms with van der Waals surface area (Å²) in [6.45, 7) is 4.18. The van der Waals surface area contributed by atoms with Crippen LogP contribution >= 0.6 is 11.3 Å². The van der Waals surface area contributed by atoms with E-state index in [0.717, 1.165) is 32.8 Å². The van der Waals surface area contributed by atoms with Gasteiger partial charge in [0.1, 0.15) is 17.0 Å². The van der Waals surface area contributed by atoms with Gasteiger partial charge in [0.05, 0.1) is 5.39 Å². The summed E-state index contributed by atoms with van der Waals surface area (Å²) in [5, 5.41) is 4.35. The van der Waals surface area contributed by atoms with Gasteiger partial charge in [0.2, 0.25) is 5.91 Å². The van der Waals surface area contributed by atoms with E-state index < -0.39 is 5.91 Å². The van der Waals surface area contributed by atoms with Gasteiger partial charge >= 0.3 is 0 Å². The molecule has 2 aromatic carbocycles. The van der Waals surface area contributed by atoms with E-state index in [4.69, 9.17) is 5.73 Å². The molecule has 0 spiro atoms. The number of primary amides is 1. The Hall–Kier alpha value is -3.25. The average molecular weight is 374 g/mol. The number of nitrogens with one attached hydrogen (secondary N) is 1. The first-order chi connectivity index (χ1) is 13.0. The first kappa shape index (κ1) is 17.2. The van der Waals surface area contributed by atoms with Crippen molar-refractivity contribution < 1.29 is 4.79 Å². The summed E-state index contributed by atoms with van der Waals surface area (Å²) in [4.78, 5) is 22.3. The first-order valence-corrected chi connectivity index (χ1v) is 9.32. The number of aromatic nitrogens is 2. The van der Waals surface area contributed by atoms with E-state index in [1.54, 1.807) is 29.8 Å². The van der Waals surface area contributed by atoms with Crippen LogP contribution in [0, 0.1) is 13.8 Å². The maximum absolute atomic E-state index is 11.3. The van der Waals surface area contributed by atoms with Crippen molar-refractivity contribution in [3.63, 3.8) is 0 Å². The van der Waals surface area contributed by atoms with E-state index in [0.29, 0.717) is 5.56 Å². The molecule has 1 amide bonds. The summed E-state index contributed by atoms with van der Waals surface area (Å²) in [6.07, 6.45) is 1.57. The molecule has 2 aromatic heterocycles. The number of fused-ring (bicyclic) bond motifs is 1. The Morgan fingerprint density at radius 1 is 1.00 bits per heavy atom. The highest BCUT2D eigenvalue weighted by Crippen LogP contribution is 2.41. The van der Waals surface area contributed by atoms with Gasteiger partial charge in [0.15, 0.2) is 0 Å². The second kappa shape index (κ2) is 6.81. The minimum Gasteiger partial charge on any atom is -0.366 e. The molecule has 2 heterocycles. The summed E-state index contributed by atoms with van der Waals surface area (Å²) >= 11 is 1.66. The zero-order valence-electron chi connectivity index (χ0n) is 15.0. The third-order valence-electron chi connectivity index (χ3n) is 4.44. The van der Waals surface area contributed by atoms with Crippen molar-refractivity contribution in [1.82, 2.24) is 9.97 Å². The predicted octanol–water partition coefficient (Wildman–Crippen LogP) is 4.82. The maximum Gasteiger partial charge on any atom is 0.248 e. The molecule has 5 nitrogen and oxygen atoms in total. The minimum atomic E-state index is -0.443. The molecule has 0 unspecified atom stereocenters. The number of aryl methyl sites for hydroxylation is 2. The number of thiophene rings is 1. The molecule has 0 saturated carbocycles. The largest absolute Gasteiger partial charge is 0.366 e. The lowest BCUT2D eigenvalue weighted by atomic mass is 10.0. The summed E-state index contributed by atoms with van der Waals surface area (Å²) in [5.74, 6) is 0.299. The average Bonchev–Trinajstić information content (AvgIpc) is 3.00. The van der Waals surface area contributed by atoms with E-state index >= 15 is 0 Å². The van der Waals surface area contributed by atoms with E-state index in [1.165, 1.54) is 10.4 Å². The van der Waals surface area contributed by atoms with E-state index in [2.05, 4.69) is 53.4 Å². The van der Waals surface area contributed by atoms with E-state index in [9.17, 15) is 4.79 Å². The van der Waals surface area contributed by atoms with Crippen molar-refractivity contribution in [3.05, 3.63) is 70.9 Å². The maximum atomic E-state index is 11.3. The first-order valence-electron chi connectivity index (χ1n) is 8.51. The van der Waals surface area contributed by atoms with Gasteiger partial charge in [-0.05, 0) is 43.7 Å². The minimum absolute atomic E-state index is 0.443. The Labute approximate surface area is 160 Å². The van der Waals surface area contributed by atoms with Gasteiger partial charge in [-0.3, -0.25) is 4.79 Å². The molecule has 4 aromatic rings. The quantitative estimate of drug-likeness (QED) is 0.537. The highest BCUT2D eigenvalue weighted by atomic mass is 32.1. The van der Waals surface area contributed by atoms with Crippen LogP contribution in [0.15, 0.2) is 54.9 Å². The van der Waals surface area contributed by atoms with Crippen LogP contribution < -0.4 is 11.1 Å². The van der Waals surface area contributed by atoms with Crippen LogP contribution in [-0.2, 0) is 0 Å². The number of nitrogens with two attached hydrogens (primary N) is 1. The van der Waals surface area contributed by atoms with Gasteiger partial charge in [-0.2, -0.15) is 0 Å². The topological polar surface area (TPSA) is 80.9 Å². The summed E-state index contributed by atoms with van der Waals surface area (Å²) in [6, 6.07) is 15.5. The van der Waals surface area contributed by atoms with Crippen molar-refractivity contribution in [1.29, 1.82) is 0 Å². The number of hydrogen-bond donors (Lipinski definition) is 2. The fourth-order valence-electron chi connectivity index (χ4n) is 3.06. The fraction of sp³-hybridized carbons (Fsp3) is 0.0952. The van der Waals surface area contributed by atoms with Crippen LogP contribution in [0.3, 0.4) is 0 Å². The zero-order chi connectivity index (χ0) is 19.0. The Kier molecular flexibility index (Phi) is 4.33. The molecule has 134 valence electrons. The molecule has 4 rings (SSSR count). The lowest BCUT2D eigenvalue weighted by Crippen LogP contribution is -2.10. The highest BCUT2D eigenvalue weighted by Gasteiger charge is 2.17. The number of carbonyl (C=O) groups is 1. The summed E-state index contributed by atoms with van der Waals surface area (Å²) in [7, 11) is 0. The SMILES string of the molecule is Cc1ccc(-c2c(C)sc3ncnc(Nc4ccc(C(N)=O)cc4)c23)cc1. The number of benzene rings is 2. The summed E-state index contributed by atoms with van der Waals surface area (Å²) in [5.41, 5.74) is 10.1. The van der Waals surface area contributed by atoms with Crippen LogP contribution in [0.1, 0.15) is 20.8 Å². The normalized spacial score (nSPS) is 10.9. The zero-order valence-corrected chi connectivity index (χ0v) is 15.8. The third-order valence-corrected chi connectivity index (χ3v) is 5.45. The molecule has 0 aliphatic heterocycles. The Morgan fingerprint density at radius 2 is 1.70 bits per heavy atom. The number of nitrogens with zero attached hydrogens (tertiary/aromatic N) is 2. The number of rotatable bonds is 4. The van der Waals surface area contributed by atoms with Gasteiger partial charge in [0.25, 0.3) is 0 Å². The number of amides is 1. The molecule has 6 heteroatoms. The lowest BCUT2D eigenvalue weighted by Gasteiger charge is -2.09. The van der Waals surface area contributed by atoms with Crippen molar-refractivity contribution >= 4 is 39.0 Å². The van der Waals surface area contributed by atoms with Gasteiger partial charge < -0.3 is 11.1 Å². The second-order valence-corrected chi connectivity index (χ2v) is 7.57. The molecule has 0 atom stereocenters. The fourth-order valence-corrected chi connectivity index (χ4v) is 4.07. The molecular formula is C21H18N4OS. The lowest BCUT2D eigenvalue weighted by molar-refractivity contribution is 0.100. The van der Waals surface area contributed by atoms with Gasteiger partial charge in [0, 0.05) is 21.7 Å². The smallest absolute Gasteiger partial charge is 0.248 e. The molecule has 0 bridgehead atoms. The van der Waals surface area contributed by atoms with Crippen LogP contribution in [0.25, 0.3) is 21.3 Å². The number of anilines is 2. The molecular weight excluding hydrogens is 356 g/mol. The third kappa shape index (κ3) is 3.27. The molecule has 0 aliphatic rings. The van der Waals surface area contributed by atoms with Crippen LogP contribution in [0.2, 0.25) is 0 Å². The van der Waals surface area contributed by atoms with E-state index in [-0.39, 0.29) is 0 Å². The van der Waals surface area contributed by atoms with Gasteiger partial charge in [-0.15, -0.1) is 11.3 Å². The van der Waals surface area contributed by atoms with Crippen molar-refractivity contribution in [3.8, 4) is 11.1 Å². The molecule has 0 fully saturated rings. The van der Waals surface area contributed by atoms with Crippen LogP contribution in [-0.4, -0.2) is 15.9 Å². The van der Waals surface area contributed by atoms with Gasteiger partial charge in [-0.1, -0.05) is 29.8 Å². The van der Waals surface area contributed by atoms with E-state index in [1.807, 2.05) is 12.1 Å². The number of hydrogen-bond acceptors (Lipinski definition) is 5. The Bertz CT molecular complexity index is 1130. The standard InChI is InChI=1S/C21H18N4OS/c1-12-3-5-14(6-4-12)17-13(2)27-21-18(17)20(23-11-24-21)25-16-9-7-15(8-10-16)19(22)26/h3-11H,1-2H3,(H2,22,26)(H,23,24,25). The van der Waals surface area contributed by atoms with Gasteiger partial charge in [-0.25, -0.2) is 9.97 Å². The monoisotopic (exact) mass is 374 g/mol. The summed E-state index contributed by atoms with van der Waals surface area (Å²) < 4.78 is 0.